The first-order valence-electron chi connectivity index (χ1n) is 4.85. The molecule has 0 aliphatic carbocycles. The number of rotatable bonds is 3. The first-order valence-corrected chi connectivity index (χ1v) is 5.79. The lowest BCUT2D eigenvalue weighted by atomic mass is 10.1. The van der Waals surface area contributed by atoms with Crippen LogP contribution in [-0.2, 0) is 0 Å². The maximum absolute atomic E-state index is 4.71. The summed E-state index contributed by atoms with van der Waals surface area (Å²) in [4.78, 5) is 4.71. The molecular weight excluding hydrogens is 166 g/mol. The fraction of sp³-hybridized carbons (Fsp3) is 0.900. The number of aliphatic imine (C=N–C) groups is 1. The predicted octanol–water partition coefficient (Wildman–Crippen LogP) is 3.34. The normalized spacial score (nSPS) is 29.6. The van der Waals surface area contributed by atoms with Gasteiger partial charge in [-0.1, -0.05) is 20.8 Å². The van der Waals surface area contributed by atoms with Crippen molar-refractivity contribution in [3.63, 3.8) is 0 Å². The number of thioether (sulfide) groups is 1. The molecule has 2 atom stereocenters. The molecule has 0 bridgehead atoms. The van der Waals surface area contributed by atoms with Crippen LogP contribution in [0.3, 0.4) is 0 Å². The van der Waals surface area contributed by atoms with E-state index in [4.69, 9.17) is 4.99 Å². The van der Waals surface area contributed by atoms with Gasteiger partial charge in [0, 0.05) is 11.0 Å². The van der Waals surface area contributed by atoms with Gasteiger partial charge in [-0.3, -0.25) is 4.99 Å². The highest BCUT2D eigenvalue weighted by Crippen LogP contribution is 2.32. The Morgan fingerprint density at radius 2 is 2.17 bits per heavy atom. The van der Waals surface area contributed by atoms with E-state index < -0.39 is 0 Å². The molecule has 0 amide bonds. The number of hydrogen-bond donors (Lipinski definition) is 0. The average molecular weight is 185 g/mol. The van der Waals surface area contributed by atoms with Crippen LogP contribution < -0.4 is 0 Å². The van der Waals surface area contributed by atoms with Gasteiger partial charge in [-0.15, -0.1) is 11.8 Å². The number of nitrogens with zero attached hydrogens (tertiary/aromatic N) is 1. The zero-order valence-corrected chi connectivity index (χ0v) is 9.32. The van der Waals surface area contributed by atoms with Gasteiger partial charge in [-0.25, -0.2) is 0 Å². The second-order valence-corrected chi connectivity index (χ2v) is 5.36. The van der Waals surface area contributed by atoms with Crippen LogP contribution in [0, 0.1) is 5.92 Å². The van der Waals surface area contributed by atoms with Gasteiger partial charge < -0.3 is 0 Å². The SMILES string of the molecule is CCC1=N[C@@H](CC(C)C)S[C@H]1C. The molecule has 1 aliphatic heterocycles. The van der Waals surface area contributed by atoms with Gasteiger partial charge in [-0.05, 0) is 25.7 Å². The minimum atomic E-state index is 0.551. The van der Waals surface area contributed by atoms with Gasteiger partial charge in [0.15, 0.2) is 0 Å². The van der Waals surface area contributed by atoms with Crippen LogP contribution in [-0.4, -0.2) is 16.3 Å². The van der Waals surface area contributed by atoms with Gasteiger partial charge in [0.2, 0.25) is 0 Å². The van der Waals surface area contributed by atoms with Gasteiger partial charge >= 0.3 is 0 Å². The lowest BCUT2D eigenvalue weighted by Crippen LogP contribution is -2.06. The van der Waals surface area contributed by atoms with E-state index in [0.29, 0.717) is 10.6 Å². The smallest absolute Gasteiger partial charge is 0.0960 e. The molecule has 0 fully saturated rings. The third kappa shape index (κ3) is 2.51. The van der Waals surface area contributed by atoms with Gasteiger partial charge in [-0.2, -0.15) is 0 Å². The Kier molecular flexibility index (Phi) is 3.63. The zero-order valence-electron chi connectivity index (χ0n) is 8.50. The minimum absolute atomic E-state index is 0.551. The van der Waals surface area contributed by atoms with Crippen molar-refractivity contribution >= 4 is 17.5 Å². The second kappa shape index (κ2) is 4.31. The van der Waals surface area contributed by atoms with E-state index in [2.05, 4.69) is 27.7 Å². The quantitative estimate of drug-likeness (QED) is 0.657. The van der Waals surface area contributed by atoms with E-state index in [1.807, 2.05) is 11.8 Å². The van der Waals surface area contributed by atoms with Crippen LogP contribution in [0.25, 0.3) is 0 Å². The zero-order chi connectivity index (χ0) is 9.14. The summed E-state index contributed by atoms with van der Waals surface area (Å²) in [6.45, 7) is 9.01. The van der Waals surface area contributed by atoms with Crippen LogP contribution >= 0.6 is 11.8 Å². The highest BCUT2D eigenvalue weighted by atomic mass is 32.2. The molecule has 2 heteroatoms. The lowest BCUT2D eigenvalue weighted by molar-refractivity contribution is 0.579. The summed E-state index contributed by atoms with van der Waals surface area (Å²) in [7, 11) is 0. The minimum Gasteiger partial charge on any atom is -0.279 e. The molecule has 70 valence electrons. The van der Waals surface area contributed by atoms with Crippen LogP contribution in [0.1, 0.15) is 40.5 Å². The summed E-state index contributed by atoms with van der Waals surface area (Å²) >= 11 is 2.02. The van der Waals surface area contributed by atoms with Crippen molar-refractivity contribution in [2.24, 2.45) is 10.9 Å². The summed E-state index contributed by atoms with van der Waals surface area (Å²) in [5, 5.41) is 1.22. The molecule has 12 heavy (non-hydrogen) atoms. The molecule has 0 aromatic carbocycles. The van der Waals surface area contributed by atoms with E-state index >= 15 is 0 Å². The van der Waals surface area contributed by atoms with Gasteiger partial charge in [0.25, 0.3) is 0 Å². The average Bonchev–Trinajstić information content (AvgIpc) is 2.29. The van der Waals surface area contributed by atoms with Crippen molar-refractivity contribution in [3.8, 4) is 0 Å². The van der Waals surface area contributed by atoms with Gasteiger partial charge in [0.05, 0.1) is 5.37 Å². The molecule has 0 radical (unpaired) electrons. The summed E-state index contributed by atoms with van der Waals surface area (Å²) in [5.41, 5.74) is 1.41. The first kappa shape index (κ1) is 10.1. The summed E-state index contributed by atoms with van der Waals surface area (Å²) in [6, 6.07) is 0. The molecule has 1 heterocycles. The third-order valence-electron chi connectivity index (χ3n) is 2.18. The van der Waals surface area contributed by atoms with Crippen molar-refractivity contribution in [3.05, 3.63) is 0 Å². The third-order valence-corrected chi connectivity index (χ3v) is 3.47. The predicted molar refractivity (Wildman–Crippen MR) is 58.0 cm³/mol. The molecule has 0 unspecified atom stereocenters. The molecule has 1 nitrogen and oxygen atoms in total. The Hall–Kier alpha value is 0.0200. The molecule has 0 spiro atoms. The molecule has 0 saturated heterocycles. The molecule has 1 rings (SSSR count). The second-order valence-electron chi connectivity index (χ2n) is 3.84. The van der Waals surface area contributed by atoms with E-state index in [1.54, 1.807) is 0 Å². The van der Waals surface area contributed by atoms with Crippen molar-refractivity contribution < 1.29 is 0 Å². The Morgan fingerprint density at radius 1 is 1.50 bits per heavy atom. The molecular formula is C10H19NS. The largest absolute Gasteiger partial charge is 0.279 e. The standard InChI is InChI=1S/C10H19NS/c1-5-9-8(4)12-10(11-9)6-7(2)3/h7-8,10H,5-6H2,1-4H3/t8-,10+/m0/s1. The topological polar surface area (TPSA) is 12.4 Å². The van der Waals surface area contributed by atoms with Crippen LogP contribution in [0.2, 0.25) is 0 Å². The molecule has 1 aliphatic rings. The van der Waals surface area contributed by atoms with E-state index in [-0.39, 0.29) is 0 Å². The van der Waals surface area contributed by atoms with E-state index in [1.165, 1.54) is 12.1 Å². The first-order chi connectivity index (χ1) is 5.63. The summed E-state index contributed by atoms with van der Waals surface area (Å²) < 4.78 is 0. The van der Waals surface area contributed by atoms with Crippen molar-refractivity contribution in [1.82, 2.24) is 0 Å². The molecule has 0 aromatic rings. The fourth-order valence-corrected chi connectivity index (χ4v) is 3.07. The Morgan fingerprint density at radius 3 is 2.58 bits per heavy atom. The Labute approximate surface area is 80.0 Å². The Balaban J connectivity index is 2.46. The van der Waals surface area contributed by atoms with Crippen molar-refractivity contribution in [2.75, 3.05) is 0 Å². The van der Waals surface area contributed by atoms with Crippen LogP contribution in [0.4, 0.5) is 0 Å². The maximum Gasteiger partial charge on any atom is 0.0960 e. The highest BCUT2D eigenvalue weighted by Gasteiger charge is 2.24. The molecule has 0 saturated carbocycles. The molecule has 0 aromatic heterocycles. The van der Waals surface area contributed by atoms with Gasteiger partial charge in [0.1, 0.15) is 0 Å². The summed E-state index contributed by atoms with van der Waals surface area (Å²) in [6.07, 6.45) is 2.36. The monoisotopic (exact) mass is 185 g/mol. The molecule has 0 N–H and O–H groups in total. The van der Waals surface area contributed by atoms with Crippen LogP contribution in [0.15, 0.2) is 4.99 Å². The highest BCUT2D eigenvalue weighted by molar-refractivity contribution is 8.01. The van der Waals surface area contributed by atoms with Crippen LogP contribution in [0.5, 0.6) is 0 Å². The van der Waals surface area contributed by atoms with E-state index in [0.717, 1.165) is 12.3 Å². The Bertz CT molecular complexity index is 175. The van der Waals surface area contributed by atoms with Crippen molar-refractivity contribution in [1.29, 1.82) is 0 Å². The fourth-order valence-electron chi connectivity index (χ4n) is 1.52. The summed E-state index contributed by atoms with van der Waals surface area (Å²) in [5.74, 6) is 0.773. The number of hydrogen-bond acceptors (Lipinski definition) is 2. The van der Waals surface area contributed by atoms with Crippen molar-refractivity contribution in [2.45, 2.75) is 51.2 Å². The lowest BCUT2D eigenvalue weighted by Gasteiger charge is -2.09. The van der Waals surface area contributed by atoms with E-state index in [9.17, 15) is 0 Å². The maximum atomic E-state index is 4.71.